The summed E-state index contributed by atoms with van der Waals surface area (Å²) in [5.74, 6) is 1.12. The quantitative estimate of drug-likeness (QED) is 0.575. The maximum absolute atomic E-state index is 6.01. The molecule has 2 heteroatoms. The second-order valence-electron chi connectivity index (χ2n) is 5.14. The average Bonchev–Trinajstić information content (AvgIpc) is 2.59. The molecule has 22 heavy (non-hydrogen) atoms. The van der Waals surface area contributed by atoms with Gasteiger partial charge < -0.3 is 4.74 Å². The van der Waals surface area contributed by atoms with Crippen molar-refractivity contribution in [2.24, 2.45) is 0 Å². The maximum atomic E-state index is 6.01. The summed E-state index contributed by atoms with van der Waals surface area (Å²) in [5.41, 5.74) is 2.54. The molecular formula is C20H17BrO. The van der Waals surface area contributed by atoms with Crippen LogP contribution in [-0.4, -0.2) is 6.61 Å². The number of ether oxygens (including phenoxy) is 1. The van der Waals surface area contributed by atoms with Gasteiger partial charge in [-0.15, -0.1) is 0 Å². The van der Waals surface area contributed by atoms with Gasteiger partial charge in [0.05, 0.1) is 6.61 Å². The van der Waals surface area contributed by atoms with Gasteiger partial charge in [0.15, 0.2) is 0 Å². The van der Waals surface area contributed by atoms with Crippen LogP contribution in [0.1, 0.15) is 17.0 Å². The molecule has 0 spiro atoms. The van der Waals surface area contributed by atoms with Gasteiger partial charge in [0.2, 0.25) is 0 Å². The first-order chi connectivity index (χ1) is 10.8. The van der Waals surface area contributed by atoms with Crippen molar-refractivity contribution in [1.29, 1.82) is 0 Å². The molecule has 110 valence electrons. The van der Waals surface area contributed by atoms with Gasteiger partial charge in [0, 0.05) is 10.4 Å². The lowest BCUT2D eigenvalue weighted by Gasteiger charge is -2.19. The van der Waals surface area contributed by atoms with Gasteiger partial charge in [-0.3, -0.25) is 0 Å². The molecule has 0 fully saturated rings. The number of hydrogen-bond acceptors (Lipinski definition) is 1. The smallest absolute Gasteiger partial charge is 0.119 e. The highest BCUT2D eigenvalue weighted by Crippen LogP contribution is 2.26. The third-order valence-corrected chi connectivity index (χ3v) is 4.16. The van der Waals surface area contributed by atoms with E-state index in [2.05, 4.69) is 64.5 Å². The Bertz CT molecular complexity index is 653. The monoisotopic (exact) mass is 352 g/mol. The van der Waals surface area contributed by atoms with Crippen LogP contribution in [0.3, 0.4) is 0 Å². The molecule has 0 amide bonds. The van der Waals surface area contributed by atoms with Gasteiger partial charge in [-0.1, -0.05) is 76.6 Å². The third kappa shape index (κ3) is 3.77. The van der Waals surface area contributed by atoms with Crippen LogP contribution in [0.5, 0.6) is 5.75 Å². The van der Waals surface area contributed by atoms with Crippen LogP contribution in [0.25, 0.3) is 0 Å². The predicted octanol–water partition coefficient (Wildman–Crippen LogP) is 5.66. The van der Waals surface area contributed by atoms with Crippen LogP contribution in [0.2, 0.25) is 0 Å². The summed E-state index contributed by atoms with van der Waals surface area (Å²) in [7, 11) is 0. The molecule has 0 aliphatic rings. The second-order valence-corrected chi connectivity index (χ2v) is 6.05. The van der Waals surface area contributed by atoms with Crippen LogP contribution in [-0.2, 0) is 0 Å². The summed E-state index contributed by atoms with van der Waals surface area (Å²) >= 11 is 3.44. The average molecular weight is 353 g/mol. The number of benzene rings is 3. The van der Waals surface area contributed by atoms with E-state index in [4.69, 9.17) is 4.74 Å². The zero-order chi connectivity index (χ0) is 15.2. The minimum atomic E-state index is 0.228. The Labute approximate surface area is 139 Å². The summed E-state index contributed by atoms with van der Waals surface area (Å²) < 4.78 is 7.07. The van der Waals surface area contributed by atoms with Crippen LogP contribution in [0.15, 0.2) is 89.4 Å². The van der Waals surface area contributed by atoms with Crippen molar-refractivity contribution >= 4 is 15.9 Å². The van der Waals surface area contributed by atoms with Crippen molar-refractivity contribution < 1.29 is 4.74 Å². The molecule has 3 aromatic carbocycles. The molecule has 0 atom stereocenters. The van der Waals surface area contributed by atoms with E-state index in [-0.39, 0.29) is 5.92 Å². The molecule has 0 saturated carbocycles. The standard InChI is InChI=1S/C20H17BrO/c21-18-11-13-19(14-12-18)22-15-20(16-7-3-1-4-8-16)17-9-5-2-6-10-17/h1-14,20H,15H2. The van der Waals surface area contributed by atoms with Crippen molar-refractivity contribution in [1.82, 2.24) is 0 Å². The molecule has 0 aromatic heterocycles. The summed E-state index contributed by atoms with van der Waals surface area (Å²) in [6.45, 7) is 0.621. The summed E-state index contributed by atoms with van der Waals surface area (Å²) in [4.78, 5) is 0. The Morgan fingerprint density at radius 1 is 0.682 bits per heavy atom. The van der Waals surface area contributed by atoms with Crippen molar-refractivity contribution in [2.45, 2.75) is 5.92 Å². The normalized spacial score (nSPS) is 10.6. The molecular weight excluding hydrogens is 336 g/mol. The van der Waals surface area contributed by atoms with E-state index in [0.29, 0.717) is 6.61 Å². The van der Waals surface area contributed by atoms with Crippen LogP contribution >= 0.6 is 15.9 Å². The highest BCUT2D eigenvalue weighted by molar-refractivity contribution is 9.10. The zero-order valence-electron chi connectivity index (χ0n) is 12.2. The maximum Gasteiger partial charge on any atom is 0.119 e. The third-order valence-electron chi connectivity index (χ3n) is 3.63. The summed E-state index contributed by atoms with van der Waals surface area (Å²) in [6.07, 6.45) is 0. The highest BCUT2D eigenvalue weighted by Gasteiger charge is 2.14. The fourth-order valence-corrected chi connectivity index (χ4v) is 2.73. The topological polar surface area (TPSA) is 9.23 Å². The fraction of sp³-hybridized carbons (Fsp3) is 0.100. The van der Waals surface area contributed by atoms with Crippen molar-refractivity contribution in [2.75, 3.05) is 6.61 Å². The van der Waals surface area contributed by atoms with Crippen LogP contribution in [0, 0.1) is 0 Å². The molecule has 3 aromatic rings. The van der Waals surface area contributed by atoms with Gasteiger partial charge in [-0.25, -0.2) is 0 Å². The molecule has 0 saturated heterocycles. The molecule has 0 heterocycles. The van der Waals surface area contributed by atoms with E-state index in [9.17, 15) is 0 Å². The molecule has 0 N–H and O–H groups in total. The number of rotatable bonds is 5. The Kier molecular flexibility index (Phi) is 4.92. The van der Waals surface area contributed by atoms with E-state index in [1.54, 1.807) is 0 Å². The SMILES string of the molecule is Brc1ccc(OCC(c2ccccc2)c2ccccc2)cc1. The lowest BCUT2D eigenvalue weighted by molar-refractivity contribution is 0.303. The molecule has 0 unspecified atom stereocenters. The van der Waals surface area contributed by atoms with E-state index in [0.717, 1.165) is 10.2 Å². The minimum absolute atomic E-state index is 0.228. The van der Waals surface area contributed by atoms with Gasteiger partial charge in [-0.2, -0.15) is 0 Å². The number of hydrogen-bond donors (Lipinski definition) is 0. The Morgan fingerprint density at radius 2 is 1.18 bits per heavy atom. The van der Waals surface area contributed by atoms with E-state index >= 15 is 0 Å². The Balaban J connectivity index is 1.81. The number of halogens is 1. The zero-order valence-corrected chi connectivity index (χ0v) is 13.7. The Hall–Kier alpha value is -2.06. The lowest BCUT2D eigenvalue weighted by Crippen LogP contribution is -2.11. The summed E-state index contributed by atoms with van der Waals surface area (Å²) in [5, 5.41) is 0. The van der Waals surface area contributed by atoms with Crippen molar-refractivity contribution in [3.05, 3.63) is 101 Å². The van der Waals surface area contributed by atoms with E-state index in [1.807, 2.05) is 36.4 Å². The van der Waals surface area contributed by atoms with Gasteiger partial charge in [-0.05, 0) is 35.4 Å². The lowest BCUT2D eigenvalue weighted by atomic mass is 9.92. The largest absolute Gasteiger partial charge is 0.493 e. The van der Waals surface area contributed by atoms with Gasteiger partial charge >= 0.3 is 0 Å². The van der Waals surface area contributed by atoms with Gasteiger partial charge in [0.1, 0.15) is 5.75 Å². The summed E-state index contributed by atoms with van der Waals surface area (Å²) in [6, 6.07) is 29.0. The first kappa shape index (κ1) is 14.9. The molecule has 1 nitrogen and oxygen atoms in total. The van der Waals surface area contributed by atoms with Crippen molar-refractivity contribution in [3.63, 3.8) is 0 Å². The van der Waals surface area contributed by atoms with Crippen LogP contribution < -0.4 is 4.74 Å². The minimum Gasteiger partial charge on any atom is -0.493 e. The molecule has 0 aliphatic heterocycles. The second kappa shape index (κ2) is 7.28. The first-order valence-corrected chi connectivity index (χ1v) is 8.10. The van der Waals surface area contributed by atoms with E-state index < -0.39 is 0 Å². The van der Waals surface area contributed by atoms with Crippen molar-refractivity contribution in [3.8, 4) is 5.75 Å². The van der Waals surface area contributed by atoms with Gasteiger partial charge in [0.25, 0.3) is 0 Å². The van der Waals surface area contributed by atoms with E-state index in [1.165, 1.54) is 11.1 Å². The highest BCUT2D eigenvalue weighted by atomic mass is 79.9. The molecule has 0 aliphatic carbocycles. The first-order valence-electron chi connectivity index (χ1n) is 7.31. The molecule has 0 radical (unpaired) electrons. The predicted molar refractivity (Wildman–Crippen MR) is 94.4 cm³/mol. The molecule has 0 bridgehead atoms. The fourth-order valence-electron chi connectivity index (χ4n) is 2.47. The Morgan fingerprint density at radius 3 is 1.68 bits per heavy atom. The molecule has 3 rings (SSSR count). The van der Waals surface area contributed by atoms with Crippen LogP contribution in [0.4, 0.5) is 0 Å².